The fourth-order valence-electron chi connectivity index (χ4n) is 4.43. The molecule has 37 heavy (non-hydrogen) atoms. The van der Waals surface area contributed by atoms with E-state index < -0.39 is 37.7 Å². The zero-order chi connectivity index (χ0) is 26.4. The van der Waals surface area contributed by atoms with Crippen molar-refractivity contribution in [2.75, 3.05) is 4.90 Å². The van der Waals surface area contributed by atoms with Crippen LogP contribution in [0.25, 0.3) is 0 Å². The minimum atomic E-state index is -5.55. The highest BCUT2D eigenvalue weighted by Gasteiger charge is 2.67. The average molecular weight is 532 g/mol. The summed E-state index contributed by atoms with van der Waals surface area (Å²) in [5.74, 6) is -0.224. The van der Waals surface area contributed by atoms with Gasteiger partial charge >= 0.3 is 11.5 Å². The van der Waals surface area contributed by atoms with Gasteiger partial charge in [-0.25, -0.2) is 18.1 Å². The number of carbonyl (C=O) groups is 2. The normalized spacial score (nSPS) is 21.3. The van der Waals surface area contributed by atoms with Crippen molar-refractivity contribution >= 4 is 27.5 Å². The second kappa shape index (κ2) is 8.87. The van der Waals surface area contributed by atoms with Gasteiger partial charge in [0.2, 0.25) is 0 Å². The Bertz CT molecular complexity index is 1460. The lowest BCUT2D eigenvalue weighted by Crippen LogP contribution is -2.35. The summed E-state index contributed by atoms with van der Waals surface area (Å²) < 4.78 is 67.6. The zero-order valence-electron chi connectivity index (χ0n) is 19.1. The SMILES string of the molecule is O=C1NC2(CC2Cc2ccncc2OCc2ccccc2)C(=O)N1c1ccc(S(=O)(=O)C(F)(F)F)cc1. The first kappa shape index (κ1) is 24.8. The van der Waals surface area contributed by atoms with Gasteiger partial charge in [-0.1, -0.05) is 30.3 Å². The van der Waals surface area contributed by atoms with Crippen LogP contribution in [0.4, 0.5) is 23.7 Å². The van der Waals surface area contributed by atoms with Gasteiger partial charge in [0.05, 0.1) is 16.8 Å². The molecule has 1 aromatic heterocycles. The number of benzene rings is 2. The number of sulfone groups is 1. The van der Waals surface area contributed by atoms with Crippen molar-refractivity contribution in [2.24, 2.45) is 5.92 Å². The van der Waals surface area contributed by atoms with Crippen molar-refractivity contribution in [3.63, 3.8) is 0 Å². The van der Waals surface area contributed by atoms with Crippen LogP contribution in [0.2, 0.25) is 0 Å². The van der Waals surface area contributed by atoms with Gasteiger partial charge < -0.3 is 10.1 Å². The lowest BCUT2D eigenvalue weighted by molar-refractivity contribution is -0.119. The van der Waals surface area contributed by atoms with Gasteiger partial charge in [-0.15, -0.1) is 0 Å². The molecule has 192 valence electrons. The number of urea groups is 1. The Balaban J connectivity index is 1.30. The highest BCUT2D eigenvalue weighted by Crippen LogP contribution is 2.51. The van der Waals surface area contributed by atoms with Crippen molar-refractivity contribution in [1.29, 1.82) is 0 Å². The molecule has 0 radical (unpaired) electrons. The molecule has 1 N–H and O–H groups in total. The zero-order valence-corrected chi connectivity index (χ0v) is 19.9. The first-order valence-electron chi connectivity index (χ1n) is 11.2. The molecule has 5 rings (SSSR count). The van der Waals surface area contributed by atoms with Gasteiger partial charge in [-0.2, -0.15) is 13.2 Å². The third-order valence-electron chi connectivity index (χ3n) is 6.51. The number of carbonyl (C=O) groups excluding carboxylic acids is 2. The summed E-state index contributed by atoms with van der Waals surface area (Å²) in [6, 6.07) is 14.1. The maximum absolute atomic E-state index is 13.2. The number of halogens is 3. The second-order valence-corrected chi connectivity index (χ2v) is 10.8. The number of anilines is 1. The van der Waals surface area contributed by atoms with Crippen LogP contribution < -0.4 is 15.0 Å². The van der Waals surface area contributed by atoms with Crippen LogP contribution in [-0.4, -0.2) is 36.4 Å². The van der Waals surface area contributed by atoms with E-state index in [2.05, 4.69) is 10.3 Å². The van der Waals surface area contributed by atoms with Crippen LogP contribution in [0, 0.1) is 5.92 Å². The van der Waals surface area contributed by atoms with E-state index in [9.17, 15) is 31.2 Å². The smallest absolute Gasteiger partial charge is 0.487 e. The van der Waals surface area contributed by atoms with E-state index in [0.29, 0.717) is 25.2 Å². The molecule has 1 aliphatic carbocycles. The van der Waals surface area contributed by atoms with E-state index in [-0.39, 0.29) is 11.6 Å². The molecule has 12 heteroatoms. The number of rotatable bonds is 7. The third kappa shape index (κ3) is 4.41. The Kier molecular flexibility index (Phi) is 5.94. The summed E-state index contributed by atoms with van der Waals surface area (Å²) in [5.41, 5.74) is -4.84. The van der Waals surface area contributed by atoms with Gasteiger partial charge in [0.1, 0.15) is 17.9 Å². The molecule has 1 spiro atoms. The predicted octanol–water partition coefficient (Wildman–Crippen LogP) is 4.01. The number of amides is 3. The maximum Gasteiger partial charge on any atom is 0.501 e. The average Bonchev–Trinajstić information content (AvgIpc) is 3.49. The summed E-state index contributed by atoms with van der Waals surface area (Å²) >= 11 is 0. The summed E-state index contributed by atoms with van der Waals surface area (Å²) in [6.45, 7) is 0.332. The molecule has 0 bridgehead atoms. The van der Waals surface area contributed by atoms with Crippen LogP contribution in [0.15, 0.2) is 78.0 Å². The summed E-state index contributed by atoms with van der Waals surface area (Å²) in [6.07, 6.45) is 3.99. The Hall–Kier alpha value is -3.93. The number of alkyl halides is 3. The minimum Gasteiger partial charge on any atom is -0.487 e. The highest BCUT2D eigenvalue weighted by molar-refractivity contribution is 7.92. The molecule has 3 aromatic rings. The maximum atomic E-state index is 13.2. The van der Waals surface area contributed by atoms with E-state index in [4.69, 9.17) is 4.74 Å². The Labute approximate surface area is 210 Å². The lowest BCUT2D eigenvalue weighted by atomic mass is 10.1. The van der Waals surface area contributed by atoms with Gasteiger partial charge in [-0.3, -0.25) is 9.78 Å². The van der Waals surface area contributed by atoms with Gasteiger partial charge in [0.15, 0.2) is 0 Å². The first-order chi connectivity index (χ1) is 17.5. The van der Waals surface area contributed by atoms with E-state index in [0.717, 1.165) is 40.3 Å². The number of hydrogen-bond acceptors (Lipinski definition) is 6. The number of hydrogen-bond donors (Lipinski definition) is 1. The van der Waals surface area contributed by atoms with E-state index in [1.165, 1.54) is 0 Å². The molecule has 2 heterocycles. The molecule has 2 fully saturated rings. The van der Waals surface area contributed by atoms with Crippen LogP contribution in [0.3, 0.4) is 0 Å². The van der Waals surface area contributed by atoms with Crippen LogP contribution in [0.5, 0.6) is 5.75 Å². The molecule has 1 saturated heterocycles. The first-order valence-corrected chi connectivity index (χ1v) is 12.7. The predicted molar refractivity (Wildman–Crippen MR) is 125 cm³/mol. The van der Waals surface area contributed by atoms with Crippen molar-refractivity contribution in [1.82, 2.24) is 10.3 Å². The Morgan fingerprint density at radius 3 is 2.43 bits per heavy atom. The second-order valence-electron chi connectivity index (χ2n) is 8.85. The highest BCUT2D eigenvalue weighted by atomic mass is 32.2. The van der Waals surface area contributed by atoms with Gasteiger partial charge in [0.25, 0.3) is 15.7 Å². The van der Waals surface area contributed by atoms with E-state index in [1.807, 2.05) is 30.3 Å². The van der Waals surface area contributed by atoms with Gasteiger partial charge in [0, 0.05) is 6.20 Å². The van der Waals surface area contributed by atoms with Crippen LogP contribution >= 0.6 is 0 Å². The quantitative estimate of drug-likeness (QED) is 0.462. The summed E-state index contributed by atoms with van der Waals surface area (Å²) in [7, 11) is -5.55. The molecule has 2 aromatic carbocycles. The van der Waals surface area contributed by atoms with Crippen LogP contribution in [-0.2, 0) is 27.7 Å². The monoisotopic (exact) mass is 531 g/mol. The molecular formula is C25H20F3N3O5S. The van der Waals surface area contributed by atoms with Crippen molar-refractivity contribution in [3.8, 4) is 5.75 Å². The molecule has 1 aliphatic heterocycles. The third-order valence-corrected chi connectivity index (χ3v) is 8.01. The Morgan fingerprint density at radius 1 is 1.05 bits per heavy atom. The summed E-state index contributed by atoms with van der Waals surface area (Å²) in [4.78, 5) is 29.9. The molecular weight excluding hydrogens is 511 g/mol. The largest absolute Gasteiger partial charge is 0.501 e. The molecule has 1 saturated carbocycles. The van der Waals surface area contributed by atoms with Crippen molar-refractivity contribution in [2.45, 2.75) is 35.4 Å². The topological polar surface area (TPSA) is 106 Å². The van der Waals surface area contributed by atoms with Crippen LogP contribution in [0.1, 0.15) is 17.5 Å². The van der Waals surface area contributed by atoms with Gasteiger partial charge in [-0.05, 0) is 60.2 Å². The minimum absolute atomic E-state index is 0.0260. The molecule has 2 unspecified atom stereocenters. The lowest BCUT2D eigenvalue weighted by Gasteiger charge is -2.15. The summed E-state index contributed by atoms with van der Waals surface area (Å²) in [5, 5.41) is 2.70. The van der Waals surface area contributed by atoms with E-state index >= 15 is 0 Å². The number of ether oxygens (including phenoxy) is 1. The number of aromatic nitrogens is 1. The Morgan fingerprint density at radius 2 is 1.76 bits per heavy atom. The standard InChI is InChI=1S/C25H20F3N3O5S/c26-25(27,28)37(34,35)20-8-6-19(7-9-20)31-22(32)24(30-23(31)33)13-18(24)12-17-10-11-29-14-21(17)36-15-16-4-2-1-3-5-16/h1-11,14,18H,12-13,15H2,(H,30,33). The van der Waals surface area contributed by atoms with Crippen molar-refractivity contribution in [3.05, 3.63) is 84.2 Å². The molecule has 2 atom stereocenters. The fourth-order valence-corrected chi connectivity index (χ4v) is 5.20. The molecule has 2 aliphatic rings. The fraction of sp³-hybridized carbons (Fsp3) is 0.240. The number of pyridine rings is 1. The van der Waals surface area contributed by atoms with E-state index in [1.54, 1.807) is 18.5 Å². The molecule has 8 nitrogen and oxygen atoms in total. The van der Waals surface area contributed by atoms with Crippen molar-refractivity contribution < 1.29 is 35.9 Å². The number of nitrogens with zero attached hydrogens (tertiary/aromatic N) is 2. The number of imide groups is 1. The number of nitrogens with one attached hydrogen (secondary N) is 1. The molecule has 3 amide bonds.